The average molecular weight is 262 g/mol. The Labute approximate surface area is 116 Å². The topological polar surface area (TPSA) is 0 Å². The molecule has 0 aliphatic carbocycles. The number of allylic oxidation sites excluding steroid dienone is 1. The molecular formula is C18H18Si. The highest BCUT2D eigenvalue weighted by atomic mass is 28.3. The summed E-state index contributed by atoms with van der Waals surface area (Å²) in [4.78, 5) is 0. The zero-order chi connectivity index (χ0) is 13.6. The lowest BCUT2D eigenvalue weighted by Crippen LogP contribution is -2.54. The normalized spacial score (nSPS) is 11.1. The van der Waals surface area contributed by atoms with Gasteiger partial charge in [-0.25, -0.2) is 0 Å². The predicted octanol–water partition coefficient (Wildman–Crippen LogP) is 3.00. The number of benzene rings is 2. The number of hydrogen-bond donors (Lipinski definition) is 0. The third kappa shape index (κ3) is 3.04. The monoisotopic (exact) mass is 262 g/mol. The largest absolute Gasteiger partial charge is 0.138 e. The summed E-state index contributed by atoms with van der Waals surface area (Å²) in [6, 6.07) is 21.5. The van der Waals surface area contributed by atoms with Crippen LogP contribution < -0.4 is 10.4 Å². The second-order valence-electron chi connectivity index (χ2n) is 4.66. The van der Waals surface area contributed by atoms with E-state index >= 15 is 0 Å². The first-order valence-corrected chi connectivity index (χ1v) is 9.06. The Bertz CT molecular complexity index is 561. The lowest BCUT2D eigenvalue weighted by Gasteiger charge is -2.24. The van der Waals surface area contributed by atoms with Gasteiger partial charge in [0.2, 0.25) is 0 Å². The molecule has 1 heteroatoms. The maximum Gasteiger partial charge on any atom is 0.138 e. The Morgan fingerprint density at radius 3 is 1.74 bits per heavy atom. The Hall–Kier alpha value is -2.04. The molecule has 0 heterocycles. The van der Waals surface area contributed by atoms with Gasteiger partial charge in [-0.1, -0.05) is 89.2 Å². The van der Waals surface area contributed by atoms with Crippen molar-refractivity contribution in [3.8, 4) is 11.8 Å². The van der Waals surface area contributed by atoms with E-state index in [0.29, 0.717) is 0 Å². The van der Waals surface area contributed by atoms with Crippen LogP contribution in [-0.2, 0) is 0 Å². The molecule has 0 atom stereocenters. The highest BCUT2D eigenvalue weighted by molar-refractivity contribution is 7.05. The SMILES string of the molecule is CC#C/C=C/[Si](C)(c1ccccc1)c1ccccc1. The molecule has 0 fully saturated rings. The Morgan fingerprint density at radius 2 is 1.32 bits per heavy atom. The minimum atomic E-state index is -1.82. The van der Waals surface area contributed by atoms with E-state index in [1.807, 2.05) is 13.0 Å². The molecule has 0 aliphatic heterocycles. The zero-order valence-electron chi connectivity index (χ0n) is 11.4. The van der Waals surface area contributed by atoms with Crippen LogP contribution in [0.15, 0.2) is 72.4 Å². The van der Waals surface area contributed by atoms with Crippen LogP contribution >= 0.6 is 0 Å². The molecule has 2 aromatic rings. The van der Waals surface area contributed by atoms with Crippen LogP contribution in [0.2, 0.25) is 6.55 Å². The molecule has 2 aromatic carbocycles. The lowest BCUT2D eigenvalue weighted by atomic mass is 10.4. The van der Waals surface area contributed by atoms with Gasteiger partial charge in [-0.05, 0) is 13.0 Å². The van der Waals surface area contributed by atoms with E-state index in [0.717, 1.165) is 0 Å². The minimum absolute atomic E-state index is 1.41. The van der Waals surface area contributed by atoms with Gasteiger partial charge >= 0.3 is 0 Å². The van der Waals surface area contributed by atoms with Crippen molar-refractivity contribution in [2.24, 2.45) is 0 Å². The van der Waals surface area contributed by atoms with Gasteiger partial charge in [0.1, 0.15) is 8.07 Å². The van der Waals surface area contributed by atoms with E-state index in [-0.39, 0.29) is 0 Å². The second kappa shape index (κ2) is 6.22. The summed E-state index contributed by atoms with van der Waals surface area (Å²) in [6.45, 7) is 4.24. The van der Waals surface area contributed by atoms with E-state index < -0.39 is 8.07 Å². The summed E-state index contributed by atoms with van der Waals surface area (Å²) in [5.41, 5.74) is 2.31. The summed E-state index contributed by atoms with van der Waals surface area (Å²) in [5, 5.41) is 2.82. The summed E-state index contributed by atoms with van der Waals surface area (Å²) in [5.74, 6) is 5.98. The molecule has 0 saturated heterocycles. The maximum absolute atomic E-state index is 3.05. The van der Waals surface area contributed by atoms with Gasteiger partial charge in [-0.15, -0.1) is 5.92 Å². The van der Waals surface area contributed by atoms with Gasteiger partial charge in [0.15, 0.2) is 0 Å². The molecule has 0 bridgehead atoms. The predicted molar refractivity (Wildman–Crippen MR) is 86.4 cm³/mol. The van der Waals surface area contributed by atoms with Crippen LogP contribution in [0.3, 0.4) is 0 Å². The fourth-order valence-corrected chi connectivity index (χ4v) is 5.12. The molecule has 0 aromatic heterocycles. The second-order valence-corrected chi connectivity index (χ2v) is 8.55. The van der Waals surface area contributed by atoms with Crippen molar-refractivity contribution in [3.05, 3.63) is 72.4 Å². The highest BCUT2D eigenvalue weighted by Crippen LogP contribution is 2.07. The van der Waals surface area contributed by atoms with Crippen LogP contribution in [0.4, 0.5) is 0 Å². The van der Waals surface area contributed by atoms with Crippen molar-refractivity contribution < 1.29 is 0 Å². The number of rotatable bonds is 3. The molecule has 0 nitrogen and oxygen atoms in total. The van der Waals surface area contributed by atoms with Gasteiger partial charge in [0.25, 0.3) is 0 Å². The van der Waals surface area contributed by atoms with Crippen LogP contribution in [0, 0.1) is 11.8 Å². The van der Waals surface area contributed by atoms with E-state index in [2.05, 4.69) is 84.8 Å². The fourth-order valence-electron chi connectivity index (χ4n) is 2.22. The van der Waals surface area contributed by atoms with Crippen molar-refractivity contribution >= 4 is 18.4 Å². The summed E-state index contributed by atoms with van der Waals surface area (Å²) in [6.07, 6.45) is 2.01. The summed E-state index contributed by atoms with van der Waals surface area (Å²) >= 11 is 0. The van der Waals surface area contributed by atoms with Crippen LogP contribution in [-0.4, -0.2) is 8.07 Å². The van der Waals surface area contributed by atoms with Gasteiger partial charge in [0, 0.05) is 0 Å². The van der Waals surface area contributed by atoms with Gasteiger partial charge in [0.05, 0.1) is 0 Å². The molecule has 0 aliphatic rings. The van der Waals surface area contributed by atoms with E-state index in [1.54, 1.807) is 0 Å². The lowest BCUT2D eigenvalue weighted by molar-refractivity contribution is 1.69. The molecule has 0 spiro atoms. The molecule has 0 radical (unpaired) electrons. The third-order valence-corrected chi connectivity index (χ3v) is 7.29. The van der Waals surface area contributed by atoms with Crippen molar-refractivity contribution in [1.29, 1.82) is 0 Å². The molecule has 19 heavy (non-hydrogen) atoms. The van der Waals surface area contributed by atoms with E-state index in [4.69, 9.17) is 0 Å². The quantitative estimate of drug-likeness (QED) is 0.589. The summed E-state index contributed by atoms with van der Waals surface area (Å²) < 4.78 is 0. The third-order valence-electron chi connectivity index (χ3n) is 3.39. The standard InChI is InChI=1S/C18H18Si/c1-3-4-11-16-19(2,17-12-7-5-8-13-17)18-14-9-6-10-15-18/h5-16H,1-2H3/b16-11+. The average Bonchev–Trinajstić information content (AvgIpc) is 2.49. The molecule has 0 N–H and O–H groups in total. The van der Waals surface area contributed by atoms with Gasteiger partial charge in [-0.3, -0.25) is 0 Å². The maximum atomic E-state index is 3.05. The van der Waals surface area contributed by atoms with Crippen LogP contribution in [0.25, 0.3) is 0 Å². The zero-order valence-corrected chi connectivity index (χ0v) is 12.4. The fraction of sp³-hybridized carbons (Fsp3) is 0.111. The first kappa shape index (κ1) is 13.4. The minimum Gasteiger partial charge on any atom is -0.102 e. The van der Waals surface area contributed by atoms with E-state index in [9.17, 15) is 0 Å². The first-order valence-electron chi connectivity index (χ1n) is 6.48. The Balaban J connectivity index is 2.53. The molecule has 0 amide bonds. The Morgan fingerprint density at radius 1 is 0.842 bits per heavy atom. The Kier molecular flexibility index (Phi) is 4.38. The van der Waals surface area contributed by atoms with Crippen molar-refractivity contribution in [1.82, 2.24) is 0 Å². The molecule has 2 rings (SSSR count). The number of hydrogen-bond acceptors (Lipinski definition) is 0. The van der Waals surface area contributed by atoms with Gasteiger partial charge < -0.3 is 0 Å². The first-order chi connectivity index (χ1) is 9.27. The smallest absolute Gasteiger partial charge is 0.102 e. The summed E-state index contributed by atoms with van der Waals surface area (Å²) in [7, 11) is -1.82. The van der Waals surface area contributed by atoms with Crippen molar-refractivity contribution in [2.75, 3.05) is 0 Å². The molecule has 0 unspecified atom stereocenters. The molecular weight excluding hydrogens is 244 g/mol. The van der Waals surface area contributed by atoms with Crippen molar-refractivity contribution in [2.45, 2.75) is 13.5 Å². The van der Waals surface area contributed by atoms with Crippen molar-refractivity contribution in [3.63, 3.8) is 0 Å². The molecule has 94 valence electrons. The highest BCUT2D eigenvalue weighted by Gasteiger charge is 2.28. The van der Waals surface area contributed by atoms with Crippen LogP contribution in [0.1, 0.15) is 6.92 Å². The molecule has 0 saturated carbocycles. The van der Waals surface area contributed by atoms with Crippen LogP contribution in [0.5, 0.6) is 0 Å². The van der Waals surface area contributed by atoms with E-state index in [1.165, 1.54) is 10.4 Å². The van der Waals surface area contributed by atoms with Gasteiger partial charge in [-0.2, -0.15) is 0 Å².